The Balaban J connectivity index is 1.48. The average molecular weight is 343 g/mol. The first-order valence-electron chi connectivity index (χ1n) is 7.40. The molecule has 7 heteroatoms. The third-order valence-corrected chi connectivity index (χ3v) is 3.26. The van der Waals surface area contributed by atoms with Crippen LogP contribution in [0.5, 0.6) is 11.5 Å². The molecule has 2 aromatic carbocycles. The molecule has 0 spiro atoms. The van der Waals surface area contributed by atoms with Gasteiger partial charge in [-0.2, -0.15) is 0 Å². The molecule has 0 unspecified atom stereocenters. The van der Waals surface area contributed by atoms with Crippen LogP contribution >= 0.6 is 0 Å². The standard InChI is InChI=1S/C18H14FNO5/c19-13-3-1-2-12(8-13)4-7-18(22)23-10-17(21)20-14-5-6-15-16(9-14)25-11-24-15/h1-9H,10-11H2,(H,20,21). The topological polar surface area (TPSA) is 73.9 Å². The van der Waals surface area contributed by atoms with Crippen molar-refractivity contribution in [3.63, 3.8) is 0 Å². The van der Waals surface area contributed by atoms with Crippen molar-refractivity contribution < 1.29 is 28.2 Å². The van der Waals surface area contributed by atoms with Crippen LogP contribution in [0.2, 0.25) is 0 Å². The van der Waals surface area contributed by atoms with Crippen molar-refractivity contribution in [3.8, 4) is 11.5 Å². The second kappa shape index (κ2) is 7.48. The molecule has 0 aliphatic carbocycles. The van der Waals surface area contributed by atoms with E-state index >= 15 is 0 Å². The highest BCUT2D eigenvalue weighted by Crippen LogP contribution is 2.34. The van der Waals surface area contributed by atoms with Crippen molar-refractivity contribution in [1.29, 1.82) is 0 Å². The second-order valence-corrected chi connectivity index (χ2v) is 5.11. The molecule has 0 saturated heterocycles. The predicted octanol–water partition coefficient (Wildman–Crippen LogP) is 2.75. The van der Waals surface area contributed by atoms with E-state index in [4.69, 9.17) is 14.2 Å². The molecule has 25 heavy (non-hydrogen) atoms. The number of carbonyl (C=O) groups is 2. The SMILES string of the molecule is O=C(COC(=O)C=Cc1cccc(F)c1)Nc1ccc2c(c1)OCO2. The van der Waals surface area contributed by atoms with Crippen molar-refractivity contribution in [2.75, 3.05) is 18.7 Å². The van der Waals surface area contributed by atoms with Crippen LogP contribution in [0.4, 0.5) is 10.1 Å². The fourth-order valence-electron chi connectivity index (χ4n) is 2.13. The monoisotopic (exact) mass is 343 g/mol. The molecule has 2 aromatic rings. The van der Waals surface area contributed by atoms with E-state index in [9.17, 15) is 14.0 Å². The van der Waals surface area contributed by atoms with Crippen LogP contribution in [0.15, 0.2) is 48.5 Å². The van der Waals surface area contributed by atoms with Crippen LogP contribution in [0.1, 0.15) is 5.56 Å². The number of halogens is 1. The number of anilines is 1. The van der Waals surface area contributed by atoms with E-state index in [0.29, 0.717) is 22.7 Å². The normalized spacial score (nSPS) is 12.2. The number of carbonyl (C=O) groups excluding carboxylic acids is 2. The highest BCUT2D eigenvalue weighted by Gasteiger charge is 2.14. The number of benzene rings is 2. The van der Waals surface area contributed by atoms with Gasteiger partial charge >= 0.3 is 5.97 Å². The highest BCUT2D eigenvalue weighted by atomic mass is 19.1. The van der Waals surface area contributed by atoms with Gasteiger partial charge in [0.05, 0.1) is 0 Å². The summed E-state index contributed by atoms with van der Waals surface area (Å²) >= 11 is 0. The molecule has 1 amide bonds. The van der Waals surface area contributed by atoms with Crippen LogP contribution in [-0.2, 0) is 14.3 Å². The zero-order valence-corrected chi connectivity index (χ0v) is 13.0. The lowest BCUT2D eigenvalue weighted by Crippen LogP contribution is -2.20. The Labute approximate surface area is 142 Å². The molecule has 1 aliphatic heterocycles. The van der Waals surface area contributed by atoms with E-state index in [0.717, 1.165) is 6.08 Å². The highest BCUT2D eigenvalue weighted by molar-refractivity contribution is 5.94. The lowest BCUT2D eigenvalue weighted by molar-refractivity contribution is -0.142. The number of amides is 1. The summed E-state index contributed by atoms with van der Waals surface area (Å²) in [6.07, 6.45) is 2.53. The maximum absolute atomic E-state index is 13.0. The summed E-state index contributed by atoms with van der Waals surface area (Å²) in [7, 11) is 0. The zero-order chi connectivity index (χ0) is 17.6. The van der Waals surface area contributed by atoms with E-state index in [1.807, 2.05) is 0 Å². The van der Waals surface area contributed by atoms with E-state index in [2.05, 4.69) is 5.32 Å². The van der Waals surface area contributed by atoms with Crippen LogP contribution in [0, 0.1) is 5.82 Å². The summed E-state index contributed by atoms with van der Waals surface area (Å²) in [6, 6.07) is 10.7. The lowest BCUT2D eigenvalue weighted by atomic mass is 10.2. The van der Waals surface area contributed by atoms with E-state index in [1.165, 1.54) is 24.3 Å². The number of nitrogens with one attached hydrogen (secondary N) is 1. The number of rotatable bonds is 5. The summed E-state index contributed by atoms with van der Waals surface area (Å²) < 4.78 is 28.2. The molecule has 0 saturated carbocycles. The molecule has 128 valence electrons. The van der Waals surface area contributed by atoms with E-state index in [-0.39, 0.29) is 6.79 Å². The minimum atomic E-state index is -0.704. The van der Waals surface area contributed by atoms with Gasteiger partial charge in [-0.05, 0) is 35.9 Å². The van der Waals surface area contributed by atoms with Crippen LogP contribution in [0.25, 0.3) is 6.08 Å². The molecule has 0 atom stereocenters. The number of fused-ring (bicyclic) bond motifs is 1. The molecule has 0 bridgehead atoms. The lowest BCUT2D eigenvalue weighted by Gasteiger charge is -2.06. The molecule has 6 nitrogen and oxygen atoms in total. The first-order chi connectivity index (χ1) is 12.1. The van der Waals surface area contributed by atoms with Gasteiger partial charge in [0.15, 0.2) is 18.1 Å². The van der Waals surface area contributed by atoms with Gasteiger partial charge in [0.1, 0.15) is 5.82 Å². The second-order valence-electron chi connectivity index (χ2n) is 5.11. The molecule has 0 aromatic heterocycles. The molecule has 0 radical (unpaired) electrons. The zero-order valence-electron chi connectivity index (χ0n) is 13.0. The Morgan fingerprint density at radius 2 is 2.00 bits per heavy atom. The fraction of sp³-hybridized carbons (Fsp3) is 0.111. The number of hydrogen-bond donors (Lipinski definition) is 1. The number of esters is 1. The van der Waals surface area contributed by atoms with Crippen molar-refractivity contribution in [1.82, 2.24) is 0 Å². The molecule has 3 rings (SSSR count). The van der Waals surface area contributed by atoms with Gasteiger partial charge in [-0.1, -0.05) is 12.1 Å². The Morgan fingerprint density at radius 3 is 2.84 bits per heavy atom. The first kappa shape index (κ1) is 16.5. The summed E-state index contributed by atoms with van der Waals surface area (Å²) in [5, 5.41) is 2.58. The van der Waals surface area contributed by atoms with Crippen molar-refractivity contribution in [3.05, 3.63) is 59.9 Å². The summed E-state index contributed by atoms with van der Waals surface area (Å²) in [6.45, 7) is -0.303. The molecule has 1 heterocycles. The van der Waals surface area contributed by atoms with Gasteiger partial charge in [0.2, 0.25) is 6.79 Å². The van der Waals surface area contributed by atoms with E-state index < -0.39 is 24.3 Å². The Hall–Kier alpha value is -3.35. The summed E-state index contributed by atoms with van der Waals surface area (Å²) in [5.41, 5.74) is 1.02. The third kappa shape index (κ3) is 4.57. The maximum Gasteiger partial charge on any atom is 0.331 e. The smallest absolute Gasteiger partial charge is 0.331 e. The molecular formula is C18H14FNO5. The minimum Gasteiger partial charge on any atom is -0.454 e. The van der Waals surface area contributed by atoms with Crippen LogP contribution < -0.4 is 14.8 Å². The van der Waals surface area contributed by atoms with Gasteiger partial charge < -0.3 is 19.5 Å². The largest absolute Gasteiger partial charge is 0.454 e. The fourth-order valence-corrected chi connectivity index (χ4v) is 2.13. The van der Waals surface area contributed by atoms with Crippen LogP contribution in [-0.4, -0.2) is 25.3 Å². The maximum atomic E-state index is 13.0. The Morgan fingerprint density at radius 1 is 1.16 bits per heavy atom. The van der Waals surface area contributed by atoms with Crippen molar-refractivity contribution >= 4 is 23.6 Å². The number of ether oxygens (including phenoxy) is 3. The quantitative estimate of drug-likeness (QED) is 0.667. The van der Waals surface area contributed by atoms with Gasteiger partial charge in [-0.3, -0.25) is 4.79 Å². The molecular weight excluding hydrogens is 329 g/mol. The van der Waals surface area contributed by atoms with Gasteiger partial charge in [-0.15, -0.1) is 0 Å². The third-order valence-electron chi connectivity index (χ3n) is 3.26. The number of hydrogen-bond acceptors (Lipinski definition) is 5. The summed E-state index contributed by atoms with van der Waals surface area (Å²) in [5.74, 6) is -0.463. The molecule has 0 fully saturated rings. The van der Waals surface area contributed by atoms with Crippen LogP contribution in [0.3, 0.4) is 0 Å². The average Bonchev–Trinajstić information content (AvgIpc) is 3.06. The summed E-state index contributed by atoms with van der Waals surface area (Å²) in [4.78, 5) is 23.4. The first-order valence-corrected chi connectivity index (χ1v) is 7.40. The van der Waals surface area contributed by atoms with Crippen molar-refractivity contribution in [2.45, 2.75) is 0 Å². The molecule has 1 N–H and O–H groups in total. The van der Waals surface area contributed by atoms with E-state index in [1.54, 1.807) is 24.3 Å². The van der Waals surface area contributed by atoms with Gasteiger partial charge in [-0.25, -0.2) is 9.18 Å². The Bertz CT molecular complexity index is 834. The van der Waals surface area contributed by atoms with Gasteiger partial charge in [0.25, 0.3) is 5.91 Å². The predicted molar refractivity (Wildman–Crippen MR) is 87.6 cm³/mol. The van der Waals surface area contributed by atoms with Gasteiger partial charge in [0, 0.05) is 17.8 Å². The minimum absolute atomic E-state index is 0.141. The molecule has 1 aliphatic rings. The Kier molecular flexibility index (Phi) is 4.94. The van der Waals surface area contributed by atoms with Crippen molar-refractivity contribution in [2.24, 2.45) is 0 Å².